The second-order valence-electron chi connectivity index (χ2n) is 9.85. The maximum absolute atomic E-state index is 13.4. The van der Waals surface area contributed by atoms with Crippen molar-refractivity contribution in [2.75, 3.05) is 27.3 Å². The van der Waals surface area contributed by atoms with Crippen molar-refractivity contribution in [3.05, 3.63) is 88.1 Å². The number of methoxy groups -OCH3 is 2. The number of carbonyl (C=O) groups is 2. The zero-order chi connectivity index (χ0) is 26.6. The first-order valence-electron chi connectivity index (χ1n) is 13.0. The molecule has 7 nitrogen and oxygen atoms in total. The maximum Gasteiger partial charge on any atom is 0.338 e. The number of likely N-dealkylation sites (tertiary alicyclic amines) is 1. The lowest BCUT2D eigenvalue weighted by Crippen LogP contribution is -2.41. The van der Waals surface area contributed by atoms with Crippen molar-refractivity contribution in [1.82, 2.24) is 9.80 Å². The standard InChI is InChI=1S/C30H33N3O4S/c1-20-27(29(35)37-3)28(23-9-11-25(36-2)12-10-23)33-24(19-38-30(33)31-20)18-26(34)32-15-13-22(14-16-32)17-21-7-5-4-6-8-21/h4-12,19,22,28H,13-18H2,1-3H3. The Bertz CT molecular complexity index is 1280. The number of allylic oxidation sites excluding steroid dienone is 1. The number of thioether (sulfide) groups is 1. The van der Waals surface area contributed by atoms with E-state index in [0.29, 0.717) is 17.2 Å². The first-order chi connectivity index (χ1) is 18.5. The van der Waals surface area contributed by atoms with Crippen LogP contribution >= 0.6 is 11.8 Å². The highest BCUT2D eigenvalue weighted by Crippen LogP contribution is 2.45. The van der Waals surface area contributed by atoms with Gasteiger partial charge in [-0.1, -0.05) is 54.2 Å². The summed E-state index contributed by atoms with van der Waals surface area (Å²) in [5.74, 6) is 1.01. The van der Waals surface area contributed by atoms with Crippen molar-refractivity contribution in [3.63, 3.8) is 0 Å². The molecule has 38 heavy (non-hydrogen) atoms. The average Bonchev–Trinajstić information content (AvgIpc) is 3.34. The predicted octanol–water partition coefficient (Wildman–Crippen LogP) is 5.31. The summed E-state index contributed by atoms with van der Waals surface area (Å²) < 4.78 is 10.5. The quantitative estimate of drug-likeness (QED) is 0.451. The van der Waals surface area contributed by atoms with Crippen LogP contribution in [0.5, 0.6) is 5.75 Å². The van der Waals surface area contributed by atoms with Gasteiger partial charge in [0.15, 0.2) is 5.17 Å². The number of aliphatic imine (C=N–C) groups is 1. The zero-order valence-corrected chi connectivity index (χ0v) is 22.9. The second kappa shape index (κ2) is 11.5. The minimum absolute atomic E-state index is 0.107. The molecule has 1 fully saturated rings. The fraction of sp³-hybridized carbons (Fsp3) is 0.367. The highest BCUT2D eigenvalue weighted by Gasteiger charge is 2.41. The first-order valence-corrected chi connectivity index (χ1v) is 13.8. The van der Waals surface area contributed by atoms with Crippen LogP contribution in [0.2, 0.25) is 0 Å². The van der Waals surface area contributed by atoms with Crippen molar-refractivity contribution < 1.29 is 19.1 Å². The van der Waals surface area contributed by atoms with E-state index in [-0.39, 0.29) is 12.3 Å². The number of amidine groups is 1. The third-order valence-electron chi connectivity index (χ3n) is 7.50. The van der Waals surface area contributed by atoms with Crippen LogP contribution in [0.4, 0.5) is 0 Å². The number of fused-ring (bicyclic) bond motifs is 1. The van der Waals surface area contributed by atoms with Gasteiger partial charge >= 0.3 is 5.97 Å². The molecule has 0 radical (unpaired) electrons. The van der Waals surface area contributed by atoms with Crippen LogP contribution in [-0.4, -0.2) is 54.2 Å². The SMILES string of the molecule is COC(=O)C1=C(C)N=C2SC=C(CC(=O)N3CCC(Cc4ccccc4)CC3)N2C1c1ccc(OC)cc1. The fourth-order valence-corrected chi connectivity index (χ4v) is 6.41. The summed E-state index contributed by atoms with van der Waals surface area (Å²) in [5.41, 5.74) is 4.21. The summed E-state index contributed by atoms with van der Waals surface area (Å²) in [6.45, 7) is 3.37. The molecular weight excluding hydrogens is 498 g/mol. The molecule has 1 atom stereocenters. The lowest BCUT2D eigenvalue weighted by molar-refractivity contribution is -0.136. The van der Waals surface area contributed by atoms with Crippen LogP contribution in [-0.2, 0) is 20.7 Å². The number of amides is 1. The number of esters is 1. The highest BCUT2D eigenvalue weighted by atomic mass is 32.2. The molecule has 0 bridgehead atoms. The molecule has 3 aliphatic rings. The van der Waals surface area contributed by atoms with E-state index in [1.807, 2.05) is 52.5 Å². The molecule has 8 heteroatoms. The average molecular weight is 532 g/mol. The topological polar surface area (TPSA) is 71.4 Å². The summed E-state index contributed by atoms with van der Waals surface area (Å²) in [6, 6.07) is 17.8. The summed E-state index contributed by atoms with van der Waals surface area (Å²) in [4.78, 5) is 35.1. The smallest absolute Gasteiger partial charge is 0.338 e. The van der Waals surface area contributed by atoms with Gasteiger partial charge in [-0.2, -0.15) is 0 Å². The lowest BCUT2D eigenvalue weighted by Gasteiger charge is -2.37. The number of rotatable bonds is 7. The Morgan fingerprint density at radius 1 is 1.03 bits per heavy atom. The lowest BCUT2D eigenvalue weighted by atomic mass is 9.90. The minimum Gasteiger partial charge on any atom is -0.497 e. The molecule has 0 N–H and O–H groups in total. The van der Waals surface area contributed by atoms with Gasteiger partial charge in [0.25, 0.3) is 0 Å². The van der Waals surface area contributed by atoms with Crippen LogP contribution in [0.15, 0.2) is 82.0 Å². The Morgan fingerprint density at radius 2 is 1.74 bits per heavy atom. The molecule has 2 aromatic carbocycles. The molecular formula is C30H33N3O4S. The Labute approximate surface area is 228 Å². The van der Waals surface area contributed by atoms with Gasteiger partial charge in [-0.25, -0.2) is 9.79 Å². The van der Waals surface area contributed by atoms with Gasteiger partial charge in [0.2, 0.25) is 5.91 Å². The van der Waals surface area contributed by atoms with Crippen LogP contribution in [0.3, 0.4) is 0 Å². The minimum atomic E-state index is -0.438. The number of carbonyl (C=O) groups excluding carboxylic acids is 2. The number of piperidine rings is 1. The second-order valence-corrected chi connectivity index (χ2v) is 10.7. The fourth-order valence-electron chi connectivity index (χ4n) is 5.44. The predicted molar refractivity (Wildman–Crippen MR) is 149 cm³/mol. The number of hydrogen-bond donors (Lipinski definition) is 0. The molecule has 3 heterocycles. The van der Waals surface area contributed by atoms with Gasteiger partial charge in [-0.3, -0.25) is 4.79 Å². The Balaban J connectivity index is 1.31. The number of nitrogens with zero attached hydrogens (tertiary/aromatic N) is 3. The van der Waals surface area contributed by atoms with Crippen molar-refractivity contribution >= 4 is 28.8 Å². The van der Waals surface area contributed by atoms with Crippen molar-refractivity contribution in [2.24, 2.45) is 10.9 Å². The van der Waals surface area contributed by atoms with Crippen LogP contribution in [0.1, 0.15) is 43.4 Å². The first kappa shape index (κ1) is 26.1. The van der Waals surface area contributed by atoms with E-state index in [2.05, 4.69) is 24.3 Å². The number of hydrogen-bond acceptors (Lipinski definition) is 7. The van der Waals surface area contributed by atoms with Gasteiger partial charge < -0.3 is 19.3 Å². The van der Waals surface area contributed by atoms with Crippen LogP contribution in [0, 0.1) is 5.92 Å². The summed E-state index contributed by atoms with van der Waals surface area (Å²) in [6.07, 6.45) is 3.33. The normalized spacial score (nSPS) is 19.6. The Hall–Kier alpha value is -3.52. The van der Waals surface area contributed by atoms with Gasteiger partial charge in [-0.05, 0) is 60.8 Å². The molecule has 0 aromatic heterocycles. The van der Waals surface area contributed by atoms with Crippen molar-refractivity contribution in [3.8, 4) is 5.75 Å². The zero-order valence-electron chi connectivity index (χ0n) is 22.1. The summed E-state index contributed by atoms with van der Waals surface area (Å²) in [5, 5.41) is 2.75. The van der Waals surface area contributed by atoms with E-state index in [9.17, 15) is 9.59 Å². The highest BCUT2D eigenvalue weighted by molar-refractivity contribution is 8.16. The summed E-state index contributed by atoms with van der Waals surface area (Å²) in [7, 11) is 3.01. The van der Waals surface area contributed by atoms with Crippen LogP contribution < -0.4 is 4.74 Å². The molecule has 0 aliphatic carbocycles. The van der Waals surface area contributed by atoms with E-state index in [1.165, 1.54) is 24.4 Å². The molecule has 1 saturated heterocycles. The Kier molecular flexibility index (Phi) is 7.88. The molecule has 5 rings (SSSR count). The number of ether oxygens (including phenoxy) is 2. The van der Waals surface area contributed by atoms with Crippen molar-refractivity contribution in [2.45, 2.75) is 38.6 Å². The van der Waals surface area contributed by atoms with Crippen LogP contribution in [0.25, 0.3) is 0 Å². The third-order valence-corrected chi connectivity index (χ3v) is 8.39. The molecule has 1 unspecified atom stereocenters. The molecule has 1 amide bonds. The molecule has 198 valence electrons. The van der Waals surface area contributed by atoms with Gasteiger partial charge in [0.1, 0.15) is 5.75 Å². The van der Waals surface area contributed by atoms with Gasteiger partial charge in [0.05, 0.1) is 38.0 Å². The van der Waals surface area contributed by atoms with E-state index < -0.39 is 12.0 Å². The largest absolute Gasteiger partial charge is 0.497 e. The molecule has 0 spiro atoms. The van der Waals surface area contributed by atoms with E-state index in [4.69, 9.17) is 14.5 Å². The Morgan fingerprint density at radius 3 is 2.39 bits per heavy atom. The molecule has 3 aliphatic heterocycles. The molecule has 0 saturated carbocycles. The van der Waals surface area contributed by atoms with Gasteiger partial charge in [0, 0.05) is 18.8 Å². The monoisotopic (exact) mass is 531 g/mol. The summed E-state index contributed by atoms with van der Waals surface area (Å²) >= 11 is 1.49. The van der Waals surface area contributed by atoms with E-state index in [0.717, 1.165) is 54.5 Å². The third kappa shape index (κ3) is 5.36. The van der Waals surface area contributed by atoms with E-state index in [1.54, 1.807) is 7.11 Å². The maximum atomic E-state index is 13.4. The number of benzene rings is 2. The van der Waals surface area contributed by atoms with E-state index >= 15 is 0 Å². The van der Waals surface area contributed by atoms with Gasteiger partial charge in [-0.15, -0.1) is 0 Å². The molecule has 2 aromatic rings. The van der Waals surface area contributed by atoms with Crippen molar-refractivity contribution in [1.29, 1.82) is 0 Å².